The number of rotatable bonds is 2. The molecule has 0 bridgehead atoms. The van der Waals surface area contributed by atoms with Crippen molar-refractivity contribution in [3.05, 3.63) is 17.3 Å². The van der Waals surface area contributed by atoms with Crippen LogP contribution in [-0.2, 0) is 4.79 Å². The molecule has 1 saturated carbocycles. The Balaban J connectivity index is 1.64. The van der Waals surface area contributed by atoms with Gasteiger partial charge >= 0.3 is 0 Å². The van der Waals surface area contributed by atoms with Crippen LogP contribution in [-0.4, -0.2) is 42.0 Å². The normalized spacial score (nSPS) is 19.6. The van der Waals surface area contributed by atoms with Crippen LogP contribution in [0.15, 0.2) is 12.3 Å². The largest absolute Gasteiger partial charge is 0.396 e. The fourth-order valence-corrected chi connectivity index (χ4v) is 2.61. The Morgan fingerprint density at radius 3 is 2.58 bits per heavy atom. The molecule has 2 fully saturated rings. The number of carbonyl (C=O) groups is 1. The molecule has 1 saturated heterocycles. The van der Waals surface area contributed by atoms with Crippen LogP contribution in [0.5, 0.6) is 0 Å². The number of hydrogen-bond donors (Lipinski definition) is 1. The zero-order valence-corrected chi connectivity index (χ0v) is 11.4. The molecule has 1 aromatic heterocycles. The highest BCUT2D eigenvalue weighted by atomic mass is 35.5. The lowest BCUT2D eigenvalue weighted by Gasteiger charge is -2.36. The van der Waals surface area contributed by atoms with Gasteiger partial charge < -0.3 is 15.5 Å². The van der Waals surface area contributed by atoms with Crippen molar-refractivity contribution in [2.24, 2.45) is 5.92 Å². The lowest BCUT2D eigenvalue weighted by molar-refractivity contribution is -0.132. The zero-order valence-electron chi connectivity index (χ0n) is 10.7. The number of hydrogen-bond acceptors (Lipinski definition) is 4. The maximum Gasteiger partial charge on any atom is 0.225 e. The molecule has 1 aromatic rings. The highest BCUT2D eigenvalue weighted by Gasteiger charge is 2.34. The van der Waals surface area contributed by atoms with Crippen molar-refractivity contribution in [2.75, 3.05) is 36.8 Å². The number of nitrogen functional groups attached to an aromatic ring is 1. The highest BCUT2D eigenvalue weighted by molar-refractivity contribution is 6.30. The molecule has 0 atom stereocenters. The van der Waals surface area contributed by atoms with E-state index in [4.69, 9.17) is 17.3 Å². The summed E-state index contributed by atoms with van der Waals surface area (Å²) >= 11 is 5.85. The molecule has 1 aliphatic heterocycles. The van der Waals surface area contributed by atoms with Gasteiger partial charge in [-0.3, -0.25) is 4.79 Å². The third-order valence-corrected chi connectivity index (χ3v) is 3.89. The van der Waals surface area contributed by atoms with E-state index in [1.807, 2.05) is 4.90 Å². The van der Waals surface area contributed by atoms with Gasteiger partial charge in [-0.2, -0.15) is 0 Å². The van der Waals surface area contributed by atoms with E-state index in [0.717, 1.165) is 44.8 Å². The fourth-order valence-electron chi connectivity index (χ4n) is 2.44. The minimum Gasteiger partial charge on any atom is -0.396 e. The van der Waals surface area contributed by atoms with Crippen molar-refractivity contribution in [1.29, 1.82) is 0 Å². The minimum absolute atomic E-state index is 0.297. The second-order valence-corrected chi connectivity index (χ2v) is 5.59. The Labute approximate surface area is 117 Å². The van der Waals surface area contributed by atoms with Gasteiger partial charge in [-0.05, 0) is 18.9 Å². The summed E-state index contributed by atoms with van der Waals surface area (Å²) < 4.78 is 0. The molecule has 0 unspecified atom stereocenters. The maximum absolute atomic E-state index is 12.0. The van der Waals surface area contributed by atoms with Gasteiger partial charge in [0.2, 0.25) is 5.91 Å². The van der Waals surface area contributed by atoms with E-state index in [1.165, 1.54) is 0 Å². The van der Waals surface area contributed by atoms with E-state index < -0.39 is 0 Å². The number of piperazine rings is 1. The molecular formula is C13H17ClN4O. The molecule has 6 heteroatoms. The Morgan fingerprint density at radius 1 is 1.32 bits per heavy atom. The molecule has 0 radical (unpaired) electrons. The van der Waals surface area contributed by atoms with Crippen LogP contribution >= 0.6 is 11.6 Å². The van der Waals surface area contributed by atoms with E-state index in [1.54, 1.807) is 12.3 Å². The third-order valence-electron chi connectivity index (χ3n) is 3.68. The number of anilines is 2. The third kappa shape index (κ3) is 2.61. The summed E-state index contributed by atoms with van der Waals surface area (Å²) in [7, 11) is 0. The topological polar surface area (TPSA) is 62.5 Å². The molecule has 1 aliphatic carbocycles. The molecule has 19 heavy (non-hydrogen) atoms. The first-order chi connectivity index (χ1) is 9.15. The Morgan fingerprint density at radius 2 is 2.00 bits per heavy atom. The van der Waals surface area contributed by atoms with E-state index >= 15 is 0 Å². The van der Waals surface area contributed by atoms with Gasteiger partial charge in [0, 0.05) is 38.3 Å². The van der Waals surface area contributed by atoms with Crippen LogP contribution in [0.2, 0.25) is 5.02 Å². The number of nitrogens with zero attached hydrogens (tertiary/aromatic N) is 3. The smallest absolute Gasteiger partial charge is 0.225 e. The number of halogens is 1. The van der Waals surface area contributed by atoms with Gasteiger partial charge in [-0.1, -0.05) is 11.6 Å². The maximum atomic E-state index is 12.0. The molecule has 102 valence electrons. The standard InChI is InChI=1S/C13H17ClN4O/c14-10-7-11(15)12(16-8-10)17-3-5-18(6-4-17)13(19)9-1-2-9/h7-9H,1-6,15H2. The van der Waals surface area contributed by atoms with E-state index in [0.29, 0.717) is 22.5 Å². The van der Waals surface area contributed by atoms with Crippen molar-refractivity contribution >= 4 is 29.0 Å². The molecule has 3 rings (SSSR count). The van der Waals surface area contributed by atoms with Gasteiger partial charge in [-0.15, -0.1) is 0 Å². The molecule has 0 spiro atoms. The van der Waals surface area contributed by atoms with Gasteiger partial charge in [0.25, 0.3) is 0 Å². The van der Waals surface area contributed by atoms with E-state index in [2.05, 4.69) is 9.88 Å². The van der Waals surface area contributed by atoms with Crippen LogP contribution in [0.3, 0.4) is 0 Å². The van der Waals surface area contributed by atoms with Gasteiger partial charge in [0.15, 0.2) is 5.82 Å². The summed E-state index contributed by atoms with van der Waals surface area (Å²) in [5.41, 5.74) is 6.53. The van der Waals surface area contributed by atoms with Crippen LogP contribution in [0, 0.1) is 5.92 Å². The number of carbonyl (C=O) groups excluding carboxylic acids is 1. The summed E-state index contributed by atoms with van der Waals surface area (Å²) in [6, 6.07) is 1.71. The second-order valence-electron chi connectivity index (χ2n) is 5.15. The first kappa shape index (κ1) is 12.5. The average Bonchev–Trinajstić information content (AvgIpc) is 3.22. The molecular weight excluding hydrogens is 264 g/mol. The average molecular weight is 281 g/mol. The molecule has 5 nitrogen and oxygen atoms in total. The summed E-state index contributed by atoms with van der Waals surface area (Å²) in [6.07, 6.45) is 3.73. The van der Waals surface area contributed by atoms with Crippen molar-refractivity contribution in [2.45, 2.75) is 12.8 Å². The van der Waals surface area contributed by atoms with Crippen molar-refractivity contribution < 1.29 is 4.79 Å². The van der Waals surface area contributed by atoms with E-state index in [9.17, 15) is 4.79 Å². The molecule has 2 heterocycles. The molecule has 2 aliphatic rings. The number of aromatic nitrogens is 1. The fraction of sp³-hybridized carbons (Fsp3) is 0.538. The minimum atomic E-state index is 0.297. The van der Waals surface area contributed by atoms with Gasteiger partial charge in [-0.25, -0.2) is 4.98 Å². The molecule has 1 amide bonds. The second kappa shape index (κ2) is 4.89. The number of pyridine rings is 1. The zero-order chi connectivity index (χ0) is 13.4. The quantitative estimate of drug-likeness (QED) is 0.889. The lowest BCUT2D eigenvalue weighted by Crippen LogP contribution is -2.49. The van der Waals surface area contributed by atoms with Crippen LogP contribution in [0.25, 0.3) is 0 Å². The number of nitrogens with two attached hydrogens (primary N) is 1. The van der Waals surface area contributed by atoms with Gasteiger partial charge in [0.05, 0.1) is 10.7 Å². The summed E-state index contributed by atoms with van der Waals surface area (Å²) in [6.45, 7) is 3.05. The Bertz CT molecular complexity index is 495. The SMILES string of the molecule is Nc1cc(Cl)cnc1N1CCN(C(=O)C2CC2)CC1. The monoisotopic (exact) mass is 280 g/mol. The predicted octanol–water partition coefficient (Wildman–Crippen LogP) is 1.38. The Kier molecular flexibility index (Phi) is 3.22. The van der Waals surface area contributed by atoms with Crippen LogP contribution < -0.4 is 10.6 Å². The van der Waals surface area contributed by atoms with Gasteiger partial charge in [0.1, 0.15) is 0 Å². The predicted molar refractivity (Wildman–Crippen MR) is 75.2 cm³/mol. The first-order valence-corrected chi connectivity index (χ1v) is 6.97. The van der Waals surface area contributed by atoms with Crippen molar-refractivity contribution in [1.82, 2.24) is 9.88 Å². The lowest BCUT2D eigenvalue weighted by atomic mass is 10.2. The molecule has 0 aromatic carbocycles. The van der Waals surface area contributed by atoms with Crippen LogP contribution in [0.1, 0.15) is 12.8 Å². The molecule has 2 N–H and O–H groups in total. The first-order valence-electron chi connectivity index (χ1n) is 6.60. The number of amides is 1. The van der Waals surface area contributed by atoms with Crippen molar-refractivity contribution in [3.63, 3.8) is 0 Å². The van der Waals surface area contributed by atoms with Crippen molar-refractivity contribution in [3.8, 4) is 0 Å². The summed E-state index contributed by atoms with van der Waals surface area (Å²) in [5.74, 6) is 1.38. The van der Waals surface area contributed by atoms with Crippen LogP contribution in [0.4, 0.5) is 11.5 Å². The highest BCUT2D eigenvalue weighted by Crippen LogP contribution is 2.32. The Hall–Kier alpha value is -1.49. The van der Waals surface area contributed by atoms with E-state index in [-0.39, 0.29) is 0 Å². The summed E-state index contributed by atoms with van der Waals surface area (Å²) in [4.78, 5) is 20.3. The summed E-state index contributed by atoms with van der Waals surface area (Å²) in [5, 5.41) is 0.545.